The summed E-state index contributed by atoms with van der Waals surface area (Å²) >= 11 is 0. The molecule has 1 aromatic carbocycles. The summed E-state index contributed by atoms with van der Waals surface area (Å²) in [5.41, 5.74) is -1.10. The van der Waals surface area contributed by atoms with E-state index in [2.05, 4.69) is 0 Å². The van der Waals surface area contributed by atoms with Gasteiger partial charge in [0.25, 0.3) is 0 Å². The van der Waals surface area contributed by atoms with Crippen molar-refractivity contribution in [3.8, 4) is 0 Å². The summed E-state index contributed by atoms with van der Waals surface area (Å²) < 4.78 is 43.6. The monoisotopic (exact) mass is 301 g/mol. The van der Waals surface area contributed by atoms with Gasteiger partial charge in [0.1, 0.15) is 5.76 Å². The maximum Gasteiger partial charge on any atom is 0.417 e. The van der Waals surface area contributed by atoms with Crippen LogP contribution in [0.1, 0.15) is 51.7 Å². The van der Waals surface area contributed by atoms with Crippen molar-refractivity contribution in [2.24, 2.45) is 0 Å². The first-order chi connectivity index (χ1) is 9.90. The van der Waals surface area contributed by atoms with E-state index in [1.165, 1.54) is 18.2 Å². The van der Waals surface area contributed by atoms with E-state index < -0.39 is 17.6 Å². The molecule has 0 unspecified atom stereocenters. The van der Waals surface area contributed by atoms with Crippen LogP contribution in [0.4, 0.5) is 13.2 Å². The van der Waals surface area contributed by atoms with Gasteiger partial charge in [0.2, 0.25) is 5.90 Å². The Bertz CT molecular complexity index is 479. The highest BCUT2D eigenvalue weighted by Gasteiger charge is 2.34. The molecule has 21 heavy (non-hydrogen) atoms. The molecule has 0 aliphatic heterocycles. The number of nitrogens with one attached hydrogen (secondary N) is 1. The van der Waals surface area contributed by atoms with Crippen molar-refractivity contribution in [2.45, 2.75) is 46.7 Å². The van der Waals surface area contributed by atoms with Crippen LogP contribution < -0.4 is 0 Å². The van der Waals surface area contributed by atoms with Gasteiger partial charge in [0, 0.05) is 12.0 Å². The zero-order chi connectivity index (χ0) is 16.5. The first-order valence-electron chi connectivity index (χ1n) is 7.02. The lowest BCUT2D eigenvalue weighted by molar-refractivity contribution is -0.137. The molecule has 0 aliphatic carbocycles. The lowest BCUT2D eigenvalue weighted by Crippen LogP contribution is -2.14. The Morgan fingerprint density at radius 3 is 2.24 bits per heavy atom. The van der Waals surface area contributed by atoms with E-state index in [1.807, 2.05) is 27.7 Å². The second kappa shape index (κ2) is 9.21. The van der Waals surface area contributed by atoms with Crippen molar-refractivity contribution < 1.29 is 17.9 Å². The molecule has 0 heterocycles. The summed E-state index contributed by atoms with van der Waals surface area (Å²) in [6.45, 7) is 7.72. The van der Waals surface area contributed by atoms with Gasteiger partial charge in [-0.3, -0.25) is 5.41 Å². The Morgan fingerprint density at radius 2 is 1.76 bits per heavy atom. The van der Waals surface area contributed by atoms with Gasteiger partial charge in [0.15, 0.2) is 0 Å². The highest BCUT2D eigenvalue weighted by atomic mass is 19.4. The number of alkyl halides is 3. The fourth-order valence-corrected chi connectivity index (χ4v) is 1.60. The van der Waals surface area contributed by atoms with Crippen molar-refractivity contribution >= 4 is 5.90 Å². The summed E-state index contributed by atoms with van der Waals surface area (Å²) in [6.07, 6.45) is -1.50. The third-order valence-electron chi connectivity index (χ3n) is 2.49. The van der Waals surface area contributed by atoms with E-state index in [0.717, 1.165) is 6.07 Å². The van der Waals surface area contributed by atoms with Crippen molar-refractivity contribution in [3.63, 3.8) is 0 Å². The quantitative estimate of drug-likeness (QED) is 0.427. The molecule has 1 aromatic rings. The minimum absolute atomic E-state index is 0.245. The van der Waals surface area contributed by atoms with Gasteiger partial charge in [-0.1, -0.05) is 39.8 Å². The number of hydrogen-bond acceptors (Lipinski definition) is 2. The molecule has 0 atom stereocenters. The zero-order valence-electron chi connectivity index (χ0n) is 12.8. The van der Waals surface area contributed by atoms with Crippen LogP contribution in [-0.2, 0) is 10.9 Å². The molecule has 0 bridgehead atoms. The van der Waals surface area contributed by atoms with Gasteiger partial charge in [-0.05, 0) is 24.6 Å². The number of halogens is 3. The van der Waals surface area contributed by atoms with Crippen molar-refractivity contribution in [1.82, 2.24) is 0 Å². The van der Waals surface area contributed by atoms with Crippen LogP contribution in [0.2, 0.25) is 0 Å². The highest BCUT2D eigenvalue weighted by molar-refractivity contribution is 5.94. The molecule has 0 saturated heterocycles. The molecule has 0 radical (unpaired) electrons. The lowest BCUT2D eigenvalue weighted by atomic mass is 10.1. The minimum Gasteiger partial charge on any atom is -0.444 e. The Labute approximate surface area is 124 Å². The van der Waals surface area contributed by atoms with Crippen LogP contribution in [0.25, 0.3) is 0 Å². The number of allylic oxidation sites excluding steroid dienone is 2. The molecule has 0 aliphatic rings. The van der Waals surface area contributed by atoms with Gasteiger partial charge in [-0.15, -0.1) is 0 Å². The van der Waals surface area contributed by atoms with Crippen LogP contribution in [0.15, 0.2) is 36.1 Å². The molecule has 118 valence electrons. The zero-order valence-corrected chi connectivity index (χ0v) is 12.8. The number of ether oxygens (including phenoxy) is 1. The summed E-state index contributed by atoms with van der Waals surface area (Å²) in [6, 6.07) is 4.94. The molecular weight excluding hydrogens is 279 g/mol. The van der Waals surface area contributed by atoms with Crippen LogP contribution in [0.3, 0.4) is 0 Å². The highest BCUT2D eigenvalue weighted by Crippen LogP contribution is 2.32. The van der Waals surface area contributed by atoms with E-state index >= 15 is 0 Å². The standard InChI is InChI=1S/C14H16F3NO.C2H6/c1-3-7-10(4-2)19-13(18)11-8-5-6-9-12(11)14(15,16)17;1-2/h5-9,18H,3-4H2,1-2H3;1-2H3/b10-7+,18-13?;. The van der Waals surface area contributed by atoms with E-state index in [1.54, 1.807) is 6.08 Å². The van der Waals surface area contributed by atoms with Gasteiger partial charge in [0.05, 0.1) is 5.56 Å². The Kier molecular flexibility index (Phi) is 8.43. The van der Waals surface area contributed by atoms with E-state index in [0.29, 0.717) is 18.6 Å². The second-order valence-corrected chi connectivity index (χ2v) is 3.91. The van der Waals surface area contributed by atoms with Crippen LogP contribution in [-0.4, -0.2) is 5.90 Å². The second-order valence-electron chi connectivity index (χ2n) is 3.91. The molecule has 1 rings (SSSR count). The largest absolute Gasteiger partial charge is 0.444 e. The Hall–Kier alpha value is -1.78. The van der Waals surface area contributed by atoms with Crippen molar-refractivity contribution in [1.29, 1.82) is 5.41 Å². The third kappa shape index (κ3) is 6.02. The maximum atomic E-state index is 12.8. The Balaban J connectivity index is 0.00000191. The summed E-state index contributed by atoms with van der Waals surface area (Å²) in [5.74, 6) is 0.0268. The molecule has 0 saturated carbocycles. The number of benzene rings is 1. The molecule has 5 heteroatoms. The van der Waals surface area contributed by atoms with Gasteiger partial charge in [-0.2, -0.15) is 13.2 Å². The van der Waals surface area contributed by atoms with Crippen LogP contribution >= 0.6 is 0 Å². The van der Waals surface area contributed by atoms with Gasteiger partial charge < -0.3 is 4.74 Å². The SMILES string of the molecule is CC.CC/C=C(\CC)OC(=N)c1ccccc1C(F)(F)F. The van der Waals surface area contributed by atoms with E-state index in [9.17, 15) is 13.2 Å². The molecule has 0 aromatic heterocycles. The number of hydrogen-bond donors (Lipinski definition) is 1. The van der Waals surface area contributed by atoms with E-state index in [-0.39, 0.29) is 5.56 Å². The summed E-state index contributed by atoms with van der Waals surface area (Å²) in [5, 5.41) is 7.70. The van der Waals surface area contributed by atoms with Crippen molar-refractivity contribution in [3.05, 3.63) is 47.2 Å². The molecule has 0 amide bonds. The fraction of sp³-hybridized carbons (Fsp3) is 0.438. The maximum absolute atomic E-state index is 12.8. The fourth-order valence-electron chi connectivity index (χ4n) is 1.60. The Morgan fingerprint density at radius 1 is 1.19 bits per heavy atom. The average Bonchev–Trinajstić information content (AvgIpc) is 2.48. The van der Waals surface area contributed by atoms with Crippen LogP contribution in [0, 0.1) is 5.41 Å². The molecule has 2 nitrogen and oxygen atoms in total. The molecule has 0 spiro atoms. The van der Waals surface area contributed by atoms with Crippen molar-refractivity contribution in [2.75, 3.05) is 0 Å². The molecule has 0 fully saturated rings. The van der Waals surface area contributed by atoms with Gasteiger partial charge >= 0.3 is 6.18 Å². The normalized spacial score (nSPS) is 11.5. The number of rotatable bonds is 4. The van der Waals surface area contributed by atoms with E-state index in [4.69, 9.17) is 10.1 Å². The topological polar surface area (TPSA) is 33.1 Å². The predicted octanol–water partition coefficient (Wildman–Crippen LogP) is 5.78. The molecule has 1 N–H and O–H groups in total. The average molecular weight is 301 g/mol. The lowest BCUT2D eigenvalue weighted by Gasteiger charge is -2.14. The molecular formula is C16H22F3NO. The van der Waals surface area contributed by atoms with Gasteiger partial charge in [-0.25, -0.2) is 0 Å². The first-order valence-corrected chi connectivity index (χ1v) is 7.02. The smallest absolute Gasteiger partial charge is 0.417 e. The summed E-state index contributed by atoms with van der Waals surface area (Å²) in [4.78, 5) is 0. The third-order valence-corrected chi connectivity index (χ3v) is 2.49. The summed E-state index contributed by atoms with van der Waals surface area (Å²) in [7, 11) is 0. The first kappa shape index (κ1) is 19.2. The predicted molar refractivity (Wildman–Crippen MR) is 79.4 cm³/mol. The minimum atomic E-state index is -4.49. The van der Waals surface area contributed by atoms with Crippen LogP contribution in [0.5, 0.6) is 0 Å².